The van der Waals surface area contributed by atoms with Gasteiger partial charge in [0.1, 0.15) is 5.82 Å². The molecular formula is C17H20BrFN2. The van der Waals surface area contributed by atoms with Crippen molar-refractivity contribution in [3.63, 3.8) is 0 Å². The highest BCUT2D eigenvalue weighted by Gasteiger charge is 2.21. The van der Waals surface area contributed by atoms with Crippen LogP contribution in [0.25, 0.3) is 0 Å². The molecule has 2 nitrogen and oxygen atoms in total. The molecule has 0 radical (unpaired) electrons. The molecular weight excluding hydrogens is 331 g/mol. The number of nitrogens with zero attached hydrogens (tertiary/aromatic N) is 1. The van der Waals surface area contributed by atoms with Crippen LogP contribution in [-0.4, -0.2) is 18.0 Å². The summed E-state index contributed by atoms with van der Waals surface area (Å²) in [7, 11) is 2.01. The van der Waals surface area contributed by atoms with Gasteiger partial charge in [-0.15, -0.1) is 0 Å². The lowest BCUT2D eigenvalue weighted by atomic mass is 9.99. The predicted octanol–water partition coefficient (Wildman–Crippen LogP) is 4.11. The monoisotopic (exact) mass is 350 g/mol. The van der Waals surface area contributed by atoms with Crippen molar-refractivity contribution in [1.82, 2.24) is 4.90 Å². The van der Waals surface area contributed by atoms with Gasteiger partial charge in [0.05, 0.1) is 0 Å². The fraction of sp³-hybridized carbons (Fsp3) is 0.294. The Kier molecular flexibility index (Phi) is 5.51. The average molecular weight is 351 g/mol. The largest absolute Gasteiger partial charge is 0.326 e. The summed E-state index contributed by atoms with van der Waals surface area (Å²) in [5.74, 6) is -0.207. The van der Waals surface area contributed by atoms with Gasteiger partial charge >= 0.3 is 0 Å². The van der Waals surface area contributed by atoms with Gasteiger partial charge in [0.25, 0.3) is 0 Å². The molecule has 0 fully saturated rings. The van der Waals surface area contributed by atoms with Crippen LogP contribution in [0.4, 0.5) is 4.39 Å². The second-order valence-electron chi connectivity index (χ2n) is 5.40. The fourth-order valence-corrected chi connectivity index (χ4v) is 2.91. The molecule has 0 aliphatic rings. The molecule has 2 N–H and O–H groups in total. The maximum Gasteiger partial charge on any atom is 0.123 e. The van der Waals surface area contributed by atoms with Gasteiger partial charge in [0.2, 0.25) is 0 Å². The number of benzene rings is 2. The maximum atomic E-state index is 13.3. The lowest BCUT2D eigenvalue weighted by molar-refractivity contribution is 0.210. The Labute approximate surface area is 133 Å². The van der Waals surface area contributed by atoms with Crippen LogP contribution < -0.4 is 5.73 Å². The molecule has 2 rings (SSSR count). The van der Waals surface area contributed by atoms with Gasteiger partial charge in [0, 0.05) is 23.1 Å². The zero-order valence-electron chi connectivity index (χ0n) is 12.3. The summed E-state index contributed by atoms with van der Waals surface area (Å²) in [6.07, 6.45) is 0. The Balaban J connectivity index is 2.19. The van der Waals surface area contributed by atoms with Crippen LogP contribution in [0.1, 0.15) is 24.1 Å². The molecule has 0 amide bonds. The quantitative estimate of drug-likeness (QED) is 0.879. The highest BCUT2D eigenvalue weighted by Crippen LogP contribution is 2.25. The van der Waals surface area contributed by atoms with Crippen molar-refractivity contribution < 1.29 is 4.39 Å². The molecule has 112 valence electrons. The van der Waals surface area contributed by atoms with E-state index in [-0.39, 0.29) is 17.9 Å². The second kappa shape index (κ2) is 7.16. The lowest BCUT2D eigenvalue weighted by Crippen LogP contribution is -2.36. The Morgan fingerprint density at radius 3 is 2.43 bits per heavy atom. The van der Waals surface area contributed by atoms with Crippen LogP contribution in [0.2, 0.25) is 0 Å². The van der Waals surface area contributed by atoms with Crippen molar-refractivity contribution in [2.45, 2.75) is 25.6 Å². The van der Waals surface area contributed by atoms with Crippen LogP contribution in [0.3, 0.4) is 0 Å². The summed E-state index contributed by atoms with van der Waals surface area (Å²) < 4.78 is 14.3. The van der Waals surface area contributed by atoms with Crippen LogP contribution in [0.15, 0.2) is 53.0 Å². The second-order valence-corrected chi connectivity index (χ2v) is 6.32. The normalized spacial score (nSPS) is 14.2. The minimum atomic E-state index is -0.207. The average Bonchev–Trinajstić information content (AvgIpc) is 2.41. The lowest BCUT2D eigenvalue weighted by Gasteiger charge is -2.31. The first kappa shape index (κ1) is 16.1. The highest BCUT2D eigenvalue weighted by atomic mass is 79.9. The Hall–Kier alpha value is -1.23. The fourth-order valence-electron chi connectivity index (χ4n) is 2.64. The van der Waals surface area contributed by atoms with Gasteiger partial charge in [0.15, 0.2) is 0 Å². The predicted molar refractivity (Wildman–Crippen MR) is 88.4 cm³/mol. The smallest absolute Gasteiger partial charge is 0.123 e. The number of rotatable bonds is 5. The first-order valence-electron chi connectivity index (χ1n) is 6.93. The SMILES string of the molecule is CC(N)C(c1ccc(Br)cc1)N(C)Cc1cccc(F)c1. The molecule has 0 aliphatic carbocycles. The molecule has 2 aromatic carbocycles. The molecule has 0 bridgehead atoms. The van der Waals surface area contributed by atoms with E-state index in [1.165, 1.54) is 6.07 Å². The Morgan fingerprint density at radius 1 is 1.19 bits per heavy atom. The van der Waals surface area contributed by atoms with Crippen LogP contribution in [-0.2, 0) is 6.54 Å². The number of hydrogen-bond donors (Lipinski definition) is 1. The van der Waals surface area contributed by atoms with E-state index in [1.807, 2.05) is 32.2 Å². The van der Waals surface area contributed by atoms with E-state index in [0.717, 1.165) is 15.6 Å². The van der Waals surface area contributed by atoms with Crippen molar-refractivity contribution in [3.8, 4) is 0 Å². The Bertz CT molecular complexity index is 584. The van der Waals surface area contributed by atoms with Gasteiger partial charge in [-0.2, -0.15) is 0 Å². The molecule has 0 saturated heterocycles. The zero-order chi connectivity index (χ0) is 15.4. The molecule has 0 aromatic heterocycles. The summed E-state index contributed by atoms with van der Waals surface area (Å²) in [5, 5.41) is 0. The highest BCUT2D eigenvalue weighted by molar-refractivity contribution is 9.10. The third-order valence-corrected chi connectivity index (χ3v) is 4.03. The van der Waals surface area contributed by atoms with E-state index in [4.69, 9.17) is 5.73 Å². The van der Waals surface area contributed by atoms with Crippen LogP contribution >= 0.6 is 15.9 Å². The molecule has 2 atom stereocenters. The van der Waals surface area contributed by atoms with E-state index >= 15 is 0 Å². The number of halogens is 2. The van der Waals surface area contributed by atoms with Gasteiger partial charge in [-0.05, 0) is 49.4 Å². The number of hydrogen-bond acceptors (Lipinski definition) is 2. The first-order chi connectivity index (χ1) is 9.97. The van der Waals surface area contributed by atoms with Crippen molar-refractivity contribution >= 4 is 15.9 Å². The van der Waals surface area contributed by atoms with Crippen molar-refractivity contribution in [2.75, 3.05) is 7.05 Å². The van der Waals surface area contributed by atoms with Gasteiger partial charge < -0.3 is 5.73 Å². The maximum absolute atomic E-state index is 13.3. The summed E-state index contributed by atoms with van der Waals surface area (Å²) in [6, 6.07) is 14.9. The molecule has 2 unspecified atom stereocenters. The van der Waals surface area contributed by atoms with Crippen LogP contribution in [0, 0.1) is 5.82 Å². The third-order valence-electron chi connectivity index (χ3n) is 3.51. The van der Waals surface area contributed by atoms with Gasteiger partial charge in [-0.25, -0.2) is 4.39 Å². The molecule has 0 aliphatic heterocycles. The van der Waals surface area contributed by atoms with E-state index in [1.54, 1.807) is 12.1 Å². The minimum Gasteiger partial charge on any atom is -0.326 e. The number of nitrogens with two attached hydrogens (primary N) is 1. The topological polar surface area (TPSA) is 29.3 Å². The van der Waals surface area contributed by atoms with Crippen molar-refractivity contribution in [1.29, 1.82) is 0 Å². The molecule has 2 aromatic rings. The molecule has 21 heavy (non-hydrogen) atoms. The summed E-state index contributed by atoms with van der Waals surface area (Å²) in [4.78, 5) is 2.16. The van der Waals surface area contributed by atoms with Gasteiger partial charge in [-0.1, -0.05) is 40.2 Å². The molecule has 0 heterocycles. The molecule has 4 heteroatoms. The molecule has 0 spiro atoms. The zero-order valence-corrected chi connectivity index (χ0v) is 13.8. The number of likely N-dealkylation sites (N-methyl/N-ethyl adjacent to an activating group) is 1. The minimum absolute atomic E-state index is 0.0234. The molecule has 0 saturated carbocycles. The van der Waals surface area contributed by atoms with E-state index in [2.05, 4.69) is 33.0 Å². The summed E-state index contributed by atoms with van der Waals surface area (Å²) in [6.45, 7) is 2.65. The Morgan fingerprint density at radius 2 is 1.86 bits per heavy atom. The van der Waals surface area contributed by atoms with E-state index in [9.17, 15) is 4.39 Å². The standard InChI is InChI=1S/C17H20BrFN2/c1-12(20)17(14-6-8-15(18)9-7-14)21(2)11-13-4-3-5-16(19)10-13/h3-10,12,17H,11,20H2,1-2H3. The van der Waals surface area contributed by atoms with Crippen LogP contribution in [0.5, 0.6) is 0 Å². The first-order valence-corrected chi connectivity index (χ1v) is 7.72. The third kappa shape index (κ3) is 4.37. The summed E-state index contributed by atoms with van der Waals surface area (Å²) >= 11 is 3.44. The van der Waals surface area contributed by atoms with Crippen molar-refractivity contribution in [2.24, 2.45) is 5.73 Å². The van der Waals surface area contributed by atoms with Gasteiger partial charge in [-0.3, -0.25) is 4.90 Å². The summed E-state index contributed by atoms with van der Waals surface area (Å²) in [5.41, 5.74) is 8.27. The van der Waals surface area contributed by atoms with E-state index in [0.29, 0.717) is 6.54 Å². The van der Waals surface area contributed by atoms with E-state index < -0.39 is 0 Å². The van der Waals surface area contributed by atoms with Crippen molar-refractivity contribution in [3.05, 3.63) is 69.9 Å².